The second-order valence-corrected chi connectivity index (χ2v) is 7.25. The molecule has 0 fully saturated rings. The zero-order valence-electron chi connectivity index (χ0n) is 10.1. The van der Waals surface area contributed by atoms with Crippen LogP contribution >= 0.6 is 38.6 Å². The van der Waals surface area contributed by atoms with Crippen LogP contribution in [-0.4, -0.2) is 21.1 Å². The van der Waals surface area contributed by atoms with Crippen LogP contribution in [0.1, 0.15) is 14.7 Å². The molecule has 0 spiro atoms. The minimum Gasteiger partial charge on any atom is -0.401 e. The fourth-order valence-electron chi connectivity index (χ4n) is 1.43. The summed E-state index contributed by atoms with van der Waals surface area (Å²) >= 11 is 6.12. The lowest BCUT2D eigenvalue weighted by Gasteiger charge is -1.95. The third kappa shape index (κ3) is 2.79. The monoisotopic (exact) mass is 370 g/mol. The highest BCUT2D eigenvalue weighted by molar-refractivity contribution is 9.11. The number of aryl methyl sites for hydroxylation is 1. The van der Waals surface area contributed by atoms with Gasteiger partial charge in [0.25, 0.3) is 11.8 Å². The van der Waals surface area contributed by atoms with Gasteiger partial charge in [-0.05, 0) is 35.0 Å². The van der Waals surface area contributed by atoms with Gasteiger partial charge in [0.05, 0.1) is 13.7 Å². The van der Waals surface area contributed by atoms with E-state index in [4.69, 9.17) is 4.42 Å². The van der Waals surface area contributed by atoms with E-state index in [1.54, 1.807) is 12.1 Å². The summed E-state index contributed by atoms with van der Waals surface area (Å²) in [4.78, 5) is 16.7. The molecule has 20 heavy (non-hydrogen) atoms. The summed E-state index contributed by atoms with van der Waals surface area (Å²) in [6.45, 7) is 1.89. The van der Waals surface area contributed by atoms with Gasteiger partial charge in [0.1, 0.15) is 5.69 Å². The maximum Gasteiger partial charge on any atom is 0.322 e. The van der Waals surface area contributed by atoms with Crippen molar-refractivity contribution in [3.8, 4) is 11.6 Å². The standard InChI is InChI=1S/C11H7BrN4O2S2/c1-5-13-6(4-19-5)10-15-16-11(18-10)14-9(17)7-2-3-8(12)20-7/h2-4H,1H3,(H,14,16,17). The summed E-state index contributed by atoms with van der Waals surface area (Å²) in [6, 6.07) is 3.57. The Labute approximate surface area is 130 Å². The van der Waals surface area contributed by atoms with Gasteiger partial charge in [-0.25, -0.2) is 4.98 Å². The SMILES string of the molecule is Cc1nc(-c2nnc(NC(=O)c3ccc(Br)s3)o2)cs1. The highest BCUT2D eigenvalue weighted by Gasteiger charge is 2.15. The molecule has 0 bridgehead atoms. The van der Waals surface area contributed by atoms with Gasteiger partial charge in [-0.15, -0.1) is 27.8 Å². The molecule has 0 aromatic carbocycles. The zero-order valence-corrected chi connectivity index (χ0v) is 13.3. The molecule has 0 unspecified atom stereocenters. The van der Waals surface area contributed by atoms with Crippen LogP contribution in [-0.2, 0) is 0 Å². The molecule has 3 aromatic rings. The Bertz CT molecular complexity index is 764. The number of hydrogen-bond donors (Lipinski definition) is 1. The van der Waals surface area contributed by atoms with Crippen LogP contribution in [0.25, 0.3) is 11.6 Å². The number of carbonyl (C=O) groups excluding carboxylic acids is 1. The molecule has 0 aliphatic heterocycles. The van der Waals surface area contributed by atoms with Crippen molar-refractivity contribution < 1.29 is 9.21 Å². The Hall–Kier alpha value is -1.58. The van der Waals surface area contributed by atoms with E-state index < -0.39 is 0 Å². The second-order valence-electron chi connectivity index (χ2n) is 3.72. The lowest BCUT2D eigenvalue weighted by atomic mass is 10.4. The number of amides is 1. The van der Waals surface area contributed by atoms with E-state index >= 15 is 0 Å². The molecule has 0 saturated carbocycles. The Morgan fingerprint density at radius 2 is 2.25 bits per heavy atom. The van der Waals surface area contributed by atoms with Crippen molar-refractivity contribution in [1.29, 1.82) is 0 Å². The van der Waals surface area contributed by atoms with Crippen molar-refractivity contribution in [2.45, 2.75) is 6.92 Å². The number of thiazole rings is 1. The largest absolute Gasteiger partial charge is 0.401 e. The number of anilines is 1. The number of aromatic nitrogens is 3. The van der Waals surface area contributed by atoms with Gasteiger partial charge >= 0.3 is 6.01 Å². The summed E-state index contributed by atoms with van der Waals surface area (Å²) in [5.74, 6) is 0.00219. The second kappa shape index (κ2) is 5.43. The molecule has 1 amide bonds. The van der Waals surface area contributed by atoms with Gasteiger partial charge in [-0.2, -0.15) is 0 Å². The first-order valence-corrected chi connectivity index (χ1v) is 7.93. The fraction of sp³-hybridized carbons (Fsp3) is 0.0909. The molecule has 0 atom stereocenters. The molecule has 0 saturated heterocycles. The predicted molar refractivity (Wildman–Crippen MR) is 80.1 cm³/mol. The maximum absolute atomic E-state index is 11.9. The van der Waals surface area contributed by atoms with Crippen molar-refractivity contribution in [2.75, 3.05) is 5.32 Å². The first-order chi connectivity index (χ1) is 9.61. The van der Waals surface area contributed by atoms with Crippen LogP contribution in [0.2, 0.25) is 0 Å². The van der Waals surface area contributed by atoms with Crippen molar-refractivity contribution in [2.24, 2.45) is 0 Å². The number of halogens is 1. The molecule has 3 heterocycles. The zero-order chi connectivity index (χ0) is 14.1. The van der Waals surface area contributed by atoms with Gasteiger partial charge in [-0.1, -0.05) is 5.10 Å². The highest BCUT2D eigenvalue weighted by atomic mass is 79.9. The van der Waals surface area contributed by atoms with E-state index in [9.17, 15) is 4.79 Å². The third-order valence-electron chi connectivity index (χ3n) is 2.28. The fourth-order valence-corrected chi connectivity index (χ4v) is 3.30. The molecule has 0 aliphatic carbocycles. The van der Waals surface area contributed by atoms with Gasteiger partial charge < -0.3 is 4.42 Å². The molecule has 3 aromatic heterocycles. The van der Waals surface area contributed by atoms with E-state index in [2.05, 4.69) is 36.4 Å². The third-order valence-corrected chi connectivity index (χ3v) is 4.68. The average Bonchev–Trinajstić information content (AvgIpc) is 3.10. The predicted octanol–water partition coefficient (Wildman–Crippen LogP) is 3.58. The van der Waals surface area contributed by atoms with Gasteiger partial charge in [-0.3, -0.25) is 10.1 Å². The number of hydrogen-bond acceptors (Lipinski definition) is 7. The molecule has 0 aliphatic rings. The minimum absolute atomic E-state index is 0.0557. The summed E-state index contributed by atoms with van der Waals surface area (Å²) in [7, 11) is 0. The minimum atomic E-state index is -0.287. The summed E-state index contributed by atoms with van der Waals surface area (Å²) < 4.78 is 6.25. The van der Waals surface area contributed by atoms with E-state index in [0.717, 1.165) is 8.79 Å². The van der Waals surface area contributed by atoms with E-state index in [1.807, 2.05) is 12.3 Å². The Balaban J connectivity index is 1.76. The first-order valence-electron chi connectivity index (χ1n) is 5.44. The summed E-state index contributed by atoms with van der Waals surface area (Å²) in [6.07, 6.45) is 0. The lowest BCUT2D eigenvalue weighted by Crippen LogP contribution is -2.10. The van der Waals surface area contributed by atoms with Crippen LogP contribution in [0, 0.1) is 6.92 Å². The van der Waals surface area contributed by atoms with Gasteiger partial charge in [0, 0.05) is 5.38 Å². The molecule has 1 N–H and O–H groups in total. The van der Waals surface area contributed by atoms with Crippen molar-refractivity contribution in [1.82, 2.24) is 15.2 Å². The Morgan fingerprint density at radius 1 is 1.40 bits per heavy atom. The number of nitrogens with zero attached hydrogens (tertiary/aromatic N) is 3. The molecule has 9 heteroatoms. The number of rotatable bonds is 3. The van der Waals surface area contributed by atoms with Crippen molar-refractivity contribution >= 4 is 50.5 Å². The van der Waals surface area contributed by atoms with Gasteiger partial charge in [0.2, 0.25) is 0 Å². The number of carbonyl (C=O) groups is 1. The molecular formula is C11H7BrN4O2S2. The van der Waals surface area contributed by atoms with Crippen LogP contribution in [0.15, 0.2) is 25.7 Å². The number of thiophene rings is 1. The van der Waals surface area contributed by atoms with Crippen LogP contribution in [0.3, 0.4) is 0 Å². The maximum atomic E-state index is 11.9. The normalized spacial score (nSPS) is 10.7. The summed E-state index contributed by atoms with van der Waals surface area (Å²) in [5.41, 5.74) is 0.611. The van der Waals surface area contributed by atoms with E-state index in [1.165, 1.54) is 22.7 Å². The highest BCUT2D eigenvalue weighted by Crippen LogP contribution is 2.24. The Morgan fingerprint density at radius 3 is 2.90 bits per heavy atom. The van der Waals surface area contributed by atoms with Crippen LogP contribution < -0.4 is 5.32 Å². The van der Waals surface area contributed by atoms with E-state index in [0.29, 0.717) is 10.6 Å². The van der Waals surface area contributed by atoms with Crippen molar-refractivity contribution in [3.05, 3.63) is 31.2 Å². The summed E-state index contributed by atoms with van der Waals surface area (Å²) in [5, 5.41) is 12.9. The smallest absolute Gasteiger partial charge is 0.322 e. The molecule has 3 rings (SSSR count). The molecular weight excluding hydrogens is 364 g/mol. The average molecular weight is 371 g/mol. The van der Waals surface area contributed by atoms with E-state index in [-0.39, 0.29) is 17.8 Å². The topological polar surface area (TPSA) is 80.9 Å². The molecule has 0 radical (unpaired) electrons. The lowest BCUT2D eigenvalue weighted by molar-refractivity contribution is 0.102. The quantitative estimate of drug-likeness (QED) is 0.761. The number of nitrogens with one attached hydrogen (secondary N) is 1. The Kier molecular flexibility index (Phi) is 3.64. The molecule has 6 nitrogen and oxygen atoms in total. The van der Waals surface area contributed by atoms with Crippen LogP contribution in [0.5, 0.6) is 0 Å². The molecule has 102 valence electrons. The van der Waals surface area contributed by atoms with Crippen LogP contribution in [0.4, 0.5) is 6.01 Å². The first kappa shape index (κ1) is 13.4. The van der Waals surface area contributed by atoms with Gasteiger partial charge in [0.15, 0.2) is 0 Å². The van der Waals surface area contributed by atoms with Crippen molar-refractivity contribution in [3.63, 3.8) is 0 Å².